The molecule has 1 aliphatic rings. The first-order valence-corrected chi connectivity index (χ1v) is 6.56. The lowest BCUT2D eigenvalue weighted by atomic mass is 10.1. The molecule has 0 saturated carbocycles. The van der Waals surface area contributed by atoms with Gasteiger partial charge in [-0.1, -0.05) is 6.92 Å². The summed E-state index contributed by atoms with van der Waals surface area (Å²) in [5.74, 6) is 2.67. The van der Waals surface area contributed by atoms with Crippen LogP contribution in [-0.4, -0.2) is 37.0 Å². The SMILES string of the molecule is CCCNCCNC(=O)C1CCSC1. The van der Waals surface area contributed by atoms with E-state index in [0.29, 0.717) is 0 Å². The van der Waals surface area contributed by atoms with Crippen molar-refractivity contribution >= 4 is 17.7 Å². The first-order valence-electron chi connectivity index (χ1n) is 5.40. The van der Waals surface area contributed by atoms with E-state index in [0.717, 1.165) is 44.0 Å². The van der Waals surface area contributed by atoms with Gasteiger partial charge in [-0.25, -0.2) is 0 Å². The maximum absolute atomic E-state index is 11.5. The lowest BCUT2D eigenvalue weighted by Crippen LogP contribution is -2.36. The second-order valence-electron chi connectivity index (χ2n) is 3.60. The van der Waals surface area contributed by atoms with Crippen LogP contribution in [-0.2, 0) is 4.79 Å². The van der Waals surface area contributed by atoms with Gasteiger partial charge in [-0.15, -0.1) is 0 Å². The summed E-state index contributed by atoms with van der Waals surface area (Å²) in [5, 5.41) is 6.23. The predicted molar refractivity (Wildman–Crippen MR) is 61.6 cm³/mol. The lowest BCUT2D eigenvalue weighted by molar-refractivity contribution is -0.124. The van der Waals surface area contributed by atoms with Gasteiger partial charge in [0.2, 0.25) is 5.91 Å². The summed E-state index contributed by atoms with van der Waals surface area (Å²) in [6.45, 7) is 4.83. The number of carbonyl (C=O) groups is 1. The van der Waals surface area contributed by atoms with Crippen LogP contribution >= 0.6 is 11.8 Å². The zero-order valence-electron chi connectivity index (χ0n) is 8.84. The molecule has 1 amide bonds. The highest BCUT2D eigenvalue weighted by atomic mass is 32.2. The number of rotatable bonds is 6. The number of nitrogens with one attached hydrogen (secondary N) is 2. The van der Waals surface area contributed by atoms with E-state index in [9.17, 15) is 4.79 Å². The Balaban J connectivity index is 1.97. The lowest BCUT2D eigenvalue weighted by Gasteiger charge is -2.09. The third-order valence-electron chi connectivity index (χ3n) is 2.33. The van der Waals surface area contributed by atoms with Crippen LogP contribution in [0.3, 0.4) is 0 Å². The molecule has 1 saturated heterocycles. The zero-order chi connectivity index (χ0) is 10.2. The maximum atomic E-state index is 11.5. The minimum atomic E-state index is 0.244. The molecule has 1 fully saturated rings. The molecule has 0 bridgehead atoms. The number of amides is 1. The summed E-state index contributed by atoms with van der Waals surface area (Å²) in [7, 11) is 0. The van der Waals surface area contributed by atoms with Crippen LogP contribution < -0.4 is 10.6 Å². The fourth-order valence-electron chi connectivity index (χ4n) is 1.46. The van der Waals surface area contributed by atoms with Gasteiger partial charge in [-0.05, 0) is 25.1 Å². The van der Waals surface area contributed by atoms with E-state index in [1.165, 1.54) is 0 Å². The Kier molecular flexibility index (Phi) is 6.03. The normalized spacial score (nSPS) is 21.1. The third-order valence-corrected chi connectivity index (χ3v) is 3.49. The molecule has 0 aromatic heterocycles. The van der Waals surface area contributed by atoms with Crippen molar-refractivity contribution in [3.63, 3.8) is 0 Å². The molecule has 4 heteroatoms. The van der Waals surface area contributed by atoms with Crippen molar-refractivity contribution < 1.29 is 4.79 Å². The maximum Gasteiger partial charge on any atom is 0.224 e. The number of hydrogen-bond donors (Lipinski definition) is 2. The molecule has 0 radical (unpaired) electrons. The fourth-order valence-corrected chi connectivity index (χ4v) is 2.68. The highest BCUT2D eigenvalue weighted by Gasteiger charge is 2.22. The van der Waals surface area contributed by atoms with Gasteiger partial charge in [0.1, 0.15) is 0 Å². The molecule has 1 heterocycles. The van der Waals surface area contributed by atoms with E-state index in [2.05, 4.69) is 17.6 Å². The Morgan fingerprint density at radius 1 is 1.43 bits per heavy atom. The number of thioether (sulfide) groups is 1. The minimum absolute atomic E-state index is 0.244. The smallest absolute Gasteiger partial charge is 0.224 e. The molecule has 0 aliphatic carbocycles. The van der Waals surface area contributed by atoms with Gasteiger partial charge in [-0.2, -0.15) is 11.8 Å². The first-order chi connectivity index (χ1) is 6.84. The van der Waals surface area contributed by atoms with Crippen molar-refractivity contribution in [1.82, 2.24) is 10.6 Å². The van der Waals surface area contributed by atoms with Gasteiger partial charge >= 0.3 is 0 Å². The molecular formula is C10H20N2OS. The van der Waals surface area contributed by atoms with E-state index >= 15 is 0 Å². The predicted octanol–water partition coefficient (Wildman–Crippen LogP) is 0.855. The molecule has 1 rings (SSSR count). The summed E-state index contributed by atoms with van der Waals surface area (Å²) in [5.41, 5.74) is 0. The van der Waals surface area contributed by atoms with Crippen molar-refractivity contribution in [2.45, 2.75) is 19.8 Å². The highest BCUT2D eigenvalue weighted by Crippen LogP contribution is 2.23. The Morgan fingerprint density at radius 3 is 2.93 bits per heavy atom. The van der Waals surface area contributed by atoms with Crippen LogP contribution in [0, 0.1) is 5.92 Å². The molecule has 82 valence electrons. The second kappa shape index (κ2) is 7.12. The van der Waals surface area contributed by atoms with Crippen molar-refractivity contribution in [1.29, 1.82) is 0 Å². The Hall–Kier alpha value is -0.220. The Morgan fingerprint density at radius 2 is 2.29 bits per heavy atom. The standard InChI is InChI=1S/C10H20N2OS/c1-2-4-11-5-6-12-10(13)9-3-7-14-8-9/h9,11H,2-8H2,1H3,(H,12,13). The fraction of sp³-hybridized carbons (Fsp3) is 0.900. The Labute approximate surface area is 90.4 Å². The minimum Gasteiger partial charge on any atom is -0.355 e. The molecule has 0 aromatic rings. The highest BCUT2D eigenvalue weighted by molar-refractivity contribution is 7.99. The summed E-state index contributed by atoms with van der Waals surface area (Å²) in [6, 6.07) is 0. The van der Waals surface area contributed by atoms with Gasteiger partial charge in [0.25, 0.3) is 0 Å². The van der Waals surface area contributed by atoms with E-state index in [4.69, 9.17) is 0 Å². The molecule has 0 aromatic carbocycles. The largest absolute Gasteiger partial charge is 0.355 e. The molecule has 2 N–H and O–H groups in total. The first kappa shape index (κ1) is 11.9. The van der Waals surface area contributed by atoms with Crippen LogP contribution in [0.5, 0.6) is 0 Å². The van der Waals surface area contributed by atoms with Gasteiger partial charge in [-0.3, -0.25) is 4.79 Å². The zero-order valence-corrected chi connectivity index (χ0v) is 9.66. The molecule has 14 heavy (non-hydrogen) atoms. The van der Waals surface area contributed by atoms with Crippen molar-refractivity contribution in [2.75, 3.05) is 31.1 Å². The Bertz CT molecular complexity index is 170. The summed E-state index contributed by atoms with van der Waals surface area (Å²) in [6.07, 6.45) is 2.20. The second-order valence-corrected chi connectivity index (χ2v) is 4.75. The summed E-state index contributed by atoms with van der Waals surface area (Å²) < 4.78 is 0. The van der Waals surface area contributed by atoms with Gasteiger partial charge < -0.3 is 10.6 Å². The topological polar surface area (TPSA) is 41.1 Å². The van der Waals surface area contributed by atoms with Crippen LogP contribution in [0.15, 0.2) is 0 Å². The van der Waals surface area contributed by atoms with E-state index in [1.807, 2.05) is 11.8 Å². The average Bonchev–Trinajstić information content (AvgIpc) is 2.70. The monoisotopic (exact) mass is 216 g/mol. The molecule has 1 aliphatic heterocycles. The quantitative estimate of drug-likeness (QED) is 0.647. The van der Waals surface area contributed by atoms with Crippen LogP contribution in [0.2, 0.25) is 0 Å². The molecule has 1 atom stereocenters. The van der Waals surface area contributed by atoms with Crippen molar-refractivity contribution in [3.8, 4) is 0 Å². The average molecular weight is 216 g/mol. The summed E-state index contributed by atoms with van der Waals surface area (Å²) >= 11 is 1.88. The van der Waals surface area contributed by atoms with E-state index in [-0.39, 0.29) is 11.8 Å². The van der Waals surface area contributed by atoms with Gasteiger partial charge in [0.15, 0.2) is 0 Å². The summed E-state index contributed by atoms with van der Waals surface area (Å²) in [4.78, 5) is 11.5. The molecule has 0 spiro atoms. The molecular weight excluding hydrogens is 196 g/mol. The van der Waals surface area contributed by atoms with E-state index in [1.54, 1.807) is 0 Å². The molecule has 1 unspecified atom stereocenters. The third kappa shape index (κ3) is 4.33. The van der Waals surface area contributed by atoms with Gasteiger partial charge in [0, 0.05) is 24.8 Å². The number of hydrogen-bond acceptors (Lipinski definition) is 3. The molecule has 3 nitrogen and oxygen atoms in total. The van der Waals surface area contributed by atoms with Crippen molar-refractivity contribution in [2.24, 2.45) is 5.92 Å². The van der Waals surface area contributed by atoms with Crippen LogP contribution in [0.1, 0.15) is 19.8 Å². The number of carbonyl (C=O) groups excluding carboxylic acids is 1. The van der Waals surface area contributed by atoms with E-state index < -0.39 is 0 Å². The van der Waals surface area contributed by atoms with Crippen molar-refractivity contribution in [3.05, 3.63) is 0 Å². The van der Waals surface area contributed by atoms with Gasteiger partial charge in [0.05, 0.1) is 0 Å². The van der Waals surface area contributed by atoms with Crippen LogP contribution in [0.4, 0.5) is 0 Å². The van der Waals surface area contributed by atoms with Crippen LogP contribution in [0.25, 0.3) is 0 Å².